The molecule has 1 unspecified atom stereocenters. The number of likely N-dealkylation sites (N-methyl/N-ethyl adjacent to an activating group) is 1. The number of nitrogen functional groups attached to an aromatic ring is 1. The van der Waals surface area contributed by atoms with Crippen molar-refractivity contribution in [2.75, 3.05) is 20.2 Å². The van der Waals surface area contributed by atoms with Gasteiger partial charge in [0.25, 0.3) is 0 Å². The molecule has 4 heteroatoms. The highest BCUT2D eigenvalue weighted by atomic mass is 16.5. The van der Waals surface area contributed by atoms with Crippen molar-refractivity contribution in [2.45, 2.75) is 32.4 Å². The molecule has 19 heavy (non-hydrogen) atoms. The lowest BCUT2D eigenvalue weighted by Crippen LogP contribution is -2.28. The van der Waals surface area contributed by atoms with E-state index in [0.29, 0.717) is 6.10 Å². The standard InChI is InChI=1S/C15H23N3O/c1-11-8-12(15(16)17)5-6-13(11)9-18(2)10-14-4-3-7-19-14/h5-6,8,14H,3-4,7,9-10H2,1-2H3,(H3,16,17). The number of nitrogens with one attached hydrogen (secondary N) is 1. The Morgan fingerprint density at radius 2 is 2.32 bits per heavy atom. The molecule has 1 aromatic carbocycles. The maximum absolute atomic E-state index is 7.44. The average Bonchev–Trinajstić information content (AvgIpc) is 2.84. The summed E-state index contributed by atoms with van der Waals surface area (Å²) in [6.45, 7) is 4.87. The van der Waals surface area contributed by atoms with Gasteiger partial charge in [0.1, 0.15) is 5.84 Å². The van der Waals surface area contributed by atoms with Crippen LogP contribution in [0, 0.1) is 12.3 Å². The minimum Gasteiger partial charge on any atom is -0.384 e. The van der Waals surface area contributed by atoms with E-state index < -0.39 is 0 Å². The van der Waals surface area contributed by atoms with Gasteiger partial charge in [0.15, 0.2) is 0 Å². The summed E-state index contributed by atoms with van der Waals surface area (Å²) in [6, 6.07) is 5.97. The lowest BCUT2D eigenvalue weighted by atomic mass is 10.0. The molecule has 0 aliphatic carbocycles. The normalized spacial score (nSPS) is 19.0. The summed E-state index contributed by atoms with van der Waals surface area (Å²) in [7, 11) is 2.13. The quantitative estimate of drug-likeness (QED) is 0.628. The van der Waals surface area contributed by atoms with Crippen LogP contribution >= 0.6 is 0 Å². The number of nitrogens with zero attached hydrogens (tertiary/aromatic N) is 1. The lowest BCUT2D eigenvalue weighted by molar-refractivity contribution is 0.0793. The first-order valence-electron chi connectivity index (χ1n) is 6.80. The zero-order chi connectivity index (χ0) is 13.8. The number of ether oxygens (including phenoxy) is 1. The minimum atomic E-state index is 0.127. The van der Waals surface area contributed by atoms with Crippen LogP contribution in [0.15, 0.2) is 18.2 Å². The number of amidine groups is 1. The Kier molecular flexibility index (Phi) is 4.56. The highest BCUT2D eigenvalue weighted by Gasteiger charge is 2.17. The molecular weight excluding hydrogens is 238 g/mol. The number of nitrogens with two attached hydrogens (primary N) is 1. The van der Waals surface area contributed by atoms with Crippen LogP contribution in [-0.4, -0.2) is 37.0 Å². The van der Waals surface area contributed by atoms with Crippen molar-refractivity contribution in [1.82, 2.24) is 4.90 Å². The summed E-state index contributed by atoms with van der Waals surface area (Å²) >= 11 is 0. The highest BCUT2D eigenvalue weighted by molar-refractivity contribution is 5.95. The van der Waals surface area contributed by atoms with Crippen molar-refractivity contribution in [2.24, 2.45) is 5.73 Å². The summed E-state index contributed by atoms with van der Waals surface area (Å²) in [5.41, 5.74) is 8.76. The van der Waals surface area contributed by atoms with Crippen molar-refractivity contribution < 1.29 is 4.74 Å². The highest BCUT2D eigenvalue weighted by Crippen LogP contribution is 2.16. The summed E-state index contributed by atoms with van der Waals surface area (Å²) < 4.78 is 5.66. The Hall–Kier alpha value is -1.39. The van der Waals surface area contributed by atoms with Gasteiger partial charge in [-0.05, 0) is 44.0 Å². The molecule has 0 saturated carbocycles. The monoisotopic (exact) mass is 261 g/mol. The number of aryl methyl sites for hydroxylation is 1. The number of rotatable bonds is 5. The third-order valence-corrected chi connectivity index (χ3v) is 3.63. The third-order valence-electron chi connectivity index (χ3n) is 3.63. The zero-order valence-electron chi connectivity index (χ0n) is 11.8. The van der Waals surface area contributed by atoms with Gasteiger partial charge in [-0.25, -0.2) is 0 Å². The van der Waals surface area contributed by atoms with Gasteiger partial charge in [-0.15, -0.1) is 0 Å². The fourth-order valence-electron chi connectivity index (χ4n) is 2.53. The Labute approximate surface area is 115 Å². The van der Waals surface area contributed by atoms with Gasteiger partial charge < -0.3 is 10.5 Å². The first-order valence-corrected chi connectivity index (χ1v) is 6.80. The maximum Gasteiger partial charge on any atom is 0.122 e. The van der Waals surface area contributed by atoms with Crippen LogP contribution in [0.4, 0.5) is 0 Å². The summed E-state index contributed by atoms with van der Waals surface area (Å²) in [4.78, 5) is 2.30. The van der Waals surface area contributed by atoms with Crippen LogP contribution in [0.2, 0.25) is 0 Å². The Bertz CT molecular complexity index is 453. The molecule has 3 N–H and O–H groups in total. The zero-order valence-corrected chi connectivity index (χ0v) is 11.8. The average molecular weight is 261 g/mol. The molecule has 1 aliphatic rings. The predicted octanol–water partition coefficient (Wildman–Crippen LogP) is 1.89. The van der Waals surface area contributed by atoms with E-state index in [2.05, 4.69) is 24.9 Å². The molecule has 0 amide bonds. The molecule has 2 rings (SSSR count). The number of hydrogen-bond acceptors (Lipinski definition) is 3. The molecule has 1 fully saturated rings. The third kappa shape index (κ3) is 3.78. The smallest absolute Gasteiger partial charge is 0.122 e. The Morgan fingerprint density at radius 1 is 1.53 bits per heavy atom. The second-order valence-electron chi connectivity index (χ2n) is 5.39. The molecule has 0 bridgehead atoms. The van der Waals surface area contributed by atoms with Crippen molar-refractivity contribution in [3.63, 3.8) is 0 Å². The number of benzene rings is 1. The Morgan fingerprint density at radius 3 is 2.89 bits per heavy atom. The van der Waals surface area contributed by atoms with E-state index in [1.54, 1.807) is 0 Å². The van der Waals surface area contributed by atoms with Crippen molar-refractivity contribution >= 4 is 5.84 Å². The van der Waals surface area contributed by atoms with Gasteiger partial charge in [0, 0.05) is 25.3 Å². The Balaban J connectivity index is 1.96. The van der Waals surface area contributed by atoms with Gasteiger partial charge in [0.05, 0.1) is 6.10 Å². The SMILES string of the molecule is Cc1cc(C(=N)N)ccc1CN(C)CC1CCCO1. The first kappa shape index (κ1) is 14.0. The maximum atomic E-state index is 7.44. The molecule has 4 nitrogen and oxygen atoms in total. The molecule has 1 aliphatic heterocycles. The molecule has 104 valence electrons. The van der Waals surface area contributed by atoms with Gasteiger partial charge in [-0.1, -0.05) is 12.1 Å². The van der Waals surface area contributed by atoms with E-state index in [1.165, 1.54) is 24.0 Å². The summed E-state index contributed by atoms with van der Waals surface area (Å²) in [6.07, 6.45) is 2.75. The summed E-state index contributed by atoms with van der Waals surface area (Å²) in [5, 5.41) is 7.44. The molecule has 0 aromatic heterocycles. The topological polar surface area (TPSA) is 62.3 Å². The van der Waals surface area contributed by atoms with Crippen LogP contribution in [0.25, 0.3) is 0 Å². The molecular formula is C15H23N3O. The first-order chi connectivity index (χ1) is 9.06. The van der Waals surface area contributed by atoms with E-state index in [9.17, 15) is 0 Å². The van der Waals surface area contributed by atoms with E-state index in [1.807, 2.05) is 12.1 Å². The lowest BCUT2D eigenvalue weighted by Gasteiger charge is -2.21. The van der Waals surface area contributed by atoms with Gasteiger partial charge in [-0.3, -0.25) is 10.3 Å². The van der Waals surface area contributed by atoms with Crippen LogP contribution < -0.4 is 5.73 Å². The van der Waals surface area contributed by atoms with Crippen molar-refractivity contribution in [3.05, 3.63) is 34.9 Å². The van der Waals surface area contributed by atoms with Crippen LogP contribution in [-0.2, 0) is 11.3 Å². The van der Waals surface area contributed by atoms with Crippen LogP contribution in [0.1, 0.15) is 29.5 Å². The number of hydrogen-bond donors (Lipinski definition) is 2. The predicted molar refractivity (Wildman–Crippen MR) is 77.5 cm³/mol. The molecule has 0 radical (unpaired) electrons. The van der Waals surface area contributed by atoms with E-state index in [-0.39, 0.29) is 5.84 Å². The molecule has 1 saturated heterocycles. The molecule has 0 spiro atoms. The molecule has 1 atom stereocenters. The van der Waals surface area contributed by atoms with Crippen LogP contribution in [0.3, 0.4) is 0 Å². The van der Waals surface area contributed by atoms with Crippen molar-refractivity contribution in [3.8, 4) is 0 Å². The fraction of sp³-hybridized carbons (Fsp3) is 0.533. The summed E-state index contributed by atoms with van der Waals surface area (Å²) in [5.74, 6) is 0.127. The largest absolute Gasteiger partial charge is 0.384 e. The van der Waals surface area contributed by atoms with Gasteiger partial charge >= 0.3 is 0 Å². The molecule has 1 heterocycles. The second-order valence-corrected chi connectivity index (χ2v) is 5.39. The van der Waals surface area contributed by atoms with Crippen molar-refractivity contribution in [1.29, 1.82) is 5.41 Å². The van der Waals surface area contributed by atoms with Gasteiger partial charge in [0.2, 0.25) is 0 Å². The second kappa shape index (κ2) is 6.17. The van der Waals surface area contributed by atoms with Gasteiger partial charge in [-0.2, -0.15) is 0 Å². The molecule has 1 aromatic rings. The minimum absolute atomic E-state index is 0.127. The van der Waals surface area contributed by atoms with E-state index in [0.717, 1.165) is 25.3 Å². The van der Waals surface area contributed by atoms with E-state index in [4.69, 9.17) is 15.9 Å². The van der Waals surface area contributed by atoms with Crippen LogP contribution in [0.5, 0.6) is 0 Å². The fourth-order valence-corrected chi connectivity index (χ4v) is 2.53. The van der Waals surface area contributed by atoms with E-state index >= 15 is 0 Å².